The van der Waals surface area contributed by atoms with E-state index in [9.17, 15) is 13.2 Å². The summed E-state index contributed by atoms with van der Waals surface area (Å²) < 4.78 is 30.3. The van der Waals surface area contributed by atoms with Crippen molar-refractivity contribution in [1.29, 1.82) is 0 Å². The van der Waals surface area contributed by atoms with Crippen LogP contribution in [0, 0.1) is 0 Å². The summed E-state index contributed by atoms with van der Waals surface area (Å²) in [5, 5.41) is 3.33. The van der Waals surface area contributed by atoms with Gasteiger partial charge >= 0.3 is 0 Å². The van der Waals surface area contributed by atoms with Gasteiger partial charge < -0.3 is 9.73 Å². The Labute approximate surface area is 196 Å². The minimum Gasteiger partial charge on any atom is -0.445 e. The summed E-state index contributed by atoms with van der Waals surface area (Å²) in [5.74, 6) is 1.15. The highest BCUT2D eigenvalue weighted by Crippen LogP contribution is 2.31. The Kier molecular flexibility index (Phi) is 6.06. The van der Waals surface area contributed by atoms with Crippen LogP contribution >= 0.6 is 11.3 Å². The van der Waals surface area contributed by atoms with Crippen molar-refractivity contribution in [3.05, 3.63) is 54.5 Å². The Morgan fingerprint density at radius 1 is 1.12 bits per heavy atom. The maximum atomic E-state index is 12.4. The molecule has 0 aliphatic rings. The van der Waals surface area contributed by atoms with Crippen LogP contribution in [0.1, 0.15) is 38.8 Å². The summed E-state index contributed by atoms with van der Waals surface area (Å²) in [7, 11) is -3.35. The van der Waals surface area contributed by atoms with Crippen molar-refractivity contribution in [1.82, 2.24) is 15.0 Å². The number of aromatic nitrogens is 3. The van der Waals surface area contributed by atoms with Gasteiger partial charge in [-0.05, 0) is 23.8 Å². The third-order valence-electron chi connectivity index (χ3n) is 4.97. The molecule has 4 rings (SSSR count). The first-order chi connectivity index (χ1) is 15.5. The number of sulfone groups is 1. The van der Waals surface area contributed by atoms with Crippen molar-refractivity contribution in [2.24, 2.45) is 0 Å². The normalized spacial score (nSPS) is 12.2. The molecule has 33 heavy (non-hydrogen) atoms. The molecule has 1 N–H and O–H groups in total. The van der Waals surface area contributed by atoms with Crippen LogP contribution in [0.3, 0.4) is 0 Å². The fourth-order valence-corrected chi connectivity index (χ4v) is 4.63. The first-order valence-electron chi connectivity index (χ1n) is 10.3. The summed E-state index contributed by atoms with van der Waals surface area (Å²) >= 11 is 1.35. The Bertz CT molecular complexity index is 1430. The molecule has 1 aromatic carbocycles. The number of hydrogen-bond donors (Lipinski definition) is 1. The summed E-state index contributed by atoms with van der Waals surface area (Å²) in [6, 6.07) is 7.20. The molecule has 1 amide bonds. The number of oxazole rings is 1. The van der Waals surface area contributed by atoms with Crippen molar-refractivity contribution >= 4 is 42.4 Å². The quantitative estimate of drug-likeness (QED) is 0.425. The zero-order valence-electron chi connectivity index (χ0n) is 18.7. The summed E-state index contributed by atoms with van der Waals surface area (Å²) in [6.45, 7) is 6.13. The lowest BCUT2D eigenvalue weighted by molar-refractivity contribution is -0.116. The number of carbonyl (C=O) groups is 1. The number of amides is 1. The highest BCUT2D eigenvalue weighted by molar-refractivity contribution is 7.90. The number of aryl methyl sites for hydroxylation is 1. The van der Waals surface area contributed by atoms with Crippen molar-refractivity contribution in [3.8, 4) is 11.1 Å². The van der Waals surface area contributed by atoms with Gasteiger partial charge in [-0.15, -0.1) is 0 Å². The first kappa shape index (κ1) is 23.1. The largest absolute Gasteiger partial charge is 0.445 e. The molecule has 172 valence electrons. The van der Waals surface area contributed by atoms with Crippen molar-refractivity contribution in [2.75, 3.05) is 11.6 Å². The van der Waals surface area contributed by atoms with Crippen LogP contribution in [0.4, 0.5) is 5.13 Å². The van der Waals surface area contributed by atoms with Crippen LogP contribution in [0.5, 0.6) is 0 Å². The molecule has 0 spiro atoms. The predicted molar refractivity (Wildman–Crippen MR) is 128 cm³/mol. The van der Waals surface area contributed by atoms with Crippen LogP contribution < -0.4 is 5.32 Å². The minimum absolute atomic E-state index is 0.129. The molecule has 8 nitrogen and oxygen atoms in total. The Hall–Kier alpha value is -3.11. The van der Waals surface area contributed by atoms with E-state index in [1.807, 2.05) is 39.0 Å². The van der Waals surface area contributed by atoms with Crippen LogP contribution in [0.15, 0.2) is 52.2 Å². The number of benzene rings is 1. The lowest BCUT2D eigenvalue weighted by atomic mass is 9.94. The molecular weight excluding hydrogens is 460 g/mol. The maximum absolute atomic E-state index is 12.4. The number of nitrogens with one attached hydrogen (secondary N) is 1. The second-order valence-corrected chi connectivity index (χ2v) is 11.8. The van der Waals surface area contributed by atoms with Gasteiger partial charge in [-0.3, -0.25) is 9.78 Å². The topological polar surface area (TPSA) is 115 Å². The molecule has 0 aliphatic carbocycles. The maximum Gasteiger partial charge on any atom is 0.226 e. The van der Waals surface area contributed by atoms with Crippen LogP contribution in [-0.2, 0) is 26.5 Å². The van der Waals surface area contributed by atoms with Crippen molar-refractivity contribution in [2.45, 2.75) is 43.9 Å². The highest BCUT2D eigenvalue weighted by atomic mass is 32.2. The molecule has 3 heterocycles. The molecule has 0 saturated heterocycles. The second-order valence-electron chi connectivity index (χ2n) is 8.80. The third kappa shape index (κ3) is 5.45. The van der Waals surface area contributed by atoms with Crippen molar-refractivity contribution < 1.29 is 17.6 Å². The van der Waals surface area contributed by atoms with Gasteiger partial charge in [-0.25, -0.2) is 18.4 Å². The monoisotopic (exact) mass is 484 g/mol. The molecule has 0 fully saturated rings. The average Bonchev–Trinajstić information content (AvgIpc) is 3.37. The van der Waals surface area contributed by atoms with E-state index in [1.165, 1.54) is 17.5 Å². The van der Waals surface area contributed by atoms with Gasteiger partial charge in [0, 0.05) is 42.5 Å². The molecule has 4 aromatic rings. The molecule has 0 bridgehead atoms. The molecule has 0 unspecified atom stereocenters. The highest BCUT2D eigenvalue weighted by Gasteiger charge is 2.19. The number of hydrogen-bond acceptors (Lipinski definition) is 8. The zero-order chi connectivity index (χ0) is 23.8. The van der Waals surface area contributed by atoms with Crippen molar-refractivity contribution in [3.63, 3.8) is 0 Å². The van der Waals surface area contributed by atoms with E-state index >= 15 is 0 Å². The van der Waals surface area contributed by atoms with Crippen LogP contribution in [-0.4, -0.2) is 35.5 Å². The Balaban J connectivity index is 1.45. The number of nitrogens with zero attached hydrogens (tertiary/aromatic N) is 3. The van der Waals surface area contributed by atoms with Gasteiger partial charge in [0.25, 0.3) is 0 Å². The molecule has 0 atom stereocenters. The number of fused-ring (bicyclic) bond motifs is 1. The van der Waals surface area contributed by atoms with Crippen LogP contribution in [0.25, 0.3) is 21.3 Å². The SMILES string of the molecule is CC(C)(C)c1cnc(CCC(=O)Nc2nc3ccc(-c4cncc(S(C)(=O)=O)c4)cc3s2)o1. The van der Waals surface area contributed by atoms with E-state index in [2.05, 4.69) is 20.3 Å². The fourth-order valence-electron chi connectivity index (χ4n) is 3.11. The summed E-state index contributed by atoms with van der Waals surface area (Å²) in [5.41, 5.74) is 2.13. The summed E-state index contributed by atoms with van der Waals surface area (Å²) in [4.78, 5) is 25.3. The Morgan fingerprint density at radius 2 is 1.91 bits per heavy atom. The van der Waals surface area contributed by atoms with Gasteiger partial charge in [0.15, 0.2) is 20.9 Å². The number of anilines is 1. The molecule has 10 heteroatoms. The molecular formula is C23H24N4O4S2. The van der Waals surface area contributed by atoms with Gasteiger partial charge in [-0.1, -0.05) is 38.2 Å². The lowest BCUT2D eigenvalue weighted by Crippen LogP contribution is -2.12. The van der Waals surface area contributed by atoms with Gasteiger partial charge in [0.1, 0.15) is 5.76 Å². The molecule has 0 aliphatic heterocycles. The molecule has 0 saturated carbocycles. The Morgan fingerprint density at radius 3 is 2.61 bits per heavy atom. The van der Waals surface area contributed by atoms with E-state index in [1.54, 1.807) is 18.5 Å². The summed E-state index contributed by atoms with van der Waals surface area (Å²) in [6.07, 6.45) is 6.45. The van der Waals surface area contributed by atoms with E-state index in [4.69, 9.17) is 4.42 Å². The zero-order valence-corrected chi connectivity index (χ0v) is 20.4. The standard InChI is InChI=1S/C23H24N4O4S2/c1-23(2,3)19-13-25-21(31-19)8-7-20(28)27-22-26-17-6-5-14(10-18(17)32-22)15-9-16(12-24-11-15)33(4,29)30/h5-6,9-13H,7-8H2,1-4H3,(H,26,27,28). The number of carbonyl (C=O) groups excluding carboxylic acids is 1. The first-order valence-corrected chi connectivity index (χ1v) is 13.0. The number of thiazole rings is 1. The van der Waals surface area contributed by atoms with E-state index in [0.717, 1.165) is 27.8 Å². The average molecular weight is 485 g/mol. The lowest BCUT2D eigenvalue weighted by Gasteiger charge is -2.13. The number of pyridine rings is 1. The van der Waals surface area contributed by atoms with Crippen LogP contribution in [0.2, 0.25) is 0 Å². The predicted octanol–water partition coefficient (Wildman–Crippen LogP) is 4.62. The second kappa shape index (κ2) is 8.68. The minimum atomic E-state index is -3.35. The number of rotatable bonds is 6. The fraction of sp³-hybridized carbons (Fsp3) is 0.304. The van der Waals surface area contributed by atoms with E-state index in [0.29, 0.717) is 23.0 Å². The smallest absolute Gasteiger partial charge is 0.226 e. The van der Waals surface area contributed by atoms with E-state index in [-0.39, 0.29) is 22.6 Å². The van der Waals surface area contributed by atoms with Gasteiger partial charge in [0.2, 0.25) is 5.91 Å². The molecule has 3 aromatic heterocycles. The van der Waals surface area contributed by atoms with Gasteiger partial charge in [0.05, 0.1) is 21.3 Å². The van der Waals surface area contributed by atoms with E-state index < -0.39 is 9.84 Å². The third-order valence-corrected chi connectivity index (χ3v) is 6.98. The molecule has 0 radical (unpaired) electrons. The van der Waals surface area contributed by atoms with Gasteiger partial charge in [-0.2, -0.15) is 0 Å².